The number of nitrogen functional groups attached to an aromatic ring is 1. The minimum Gasteiger partial charge on any atom is -0.497 e. The minimum absolute atomic E-state index is 0.849. The molecule has 0 fully saturated rings. The summed E-state index contributed by atoms with van der Waals surface area (Å²) in [6.45, 7) is 1.74. The number of nitrogens with two attached hydrogens (primary N) is 1. The second-order valence-corrected chi connectivity index (χ2v) is 5.61. The number of anilines is 2. The second kappa shape index (κ2) is 4.78. The van der Waals surface area contributed by atoms with Crippen molar-refractivity contribution in [2.24, 2.45) is 0 Å². The number of ether oxygens (including phenoxy) is 1. The van der Waals surface area contributed by atoms with Crippen LogP contribution in [0, 0.1) is 0 Å². The zero-order valence-corrected chi connectivity index (χ0v) is 12.3. The lowest BCUT2D eigenvalue weighted by atomic mass is 10.1. The van der Waals surface area contributed by atoms with Gasteiger partial charge in [-0.1, -0.05) is 28.1 Å². The van der Waals surface area contributed by atoms with Crippen LogP contribution < -0.4 is 15.4 Å². The number of halogens is 1. The molecule has 0 aliphatic carbocycles. The molecule has 0 atom stereocenters. The lowest BCUT2D eigenvalue weighted by molar-refractivity contribution is 0.414. The maximum Gasteiger partial charge on any atom is 0.122 e. The quantitative estimate of drug-likeness (QED) is 0.860. The Morgan fingerprint density at radius 1 is 1.21 bits per heavy atom. The predicted molar refractivity (Wildman–Crippen MR) is 81.4 cm³/mol. The number of rotatable bonds is 2. The fourth-order valence-electron chi connectivity index (χ4n) is 2.48. The summed E-state index contributed by atoms with van der Waals surface area (Å²) >= 11 is 3.52. The highest BCUT2D eigenvalue weighted by atomic mass is 79.9. The van der Waals surface area contributed by atoms with Gasteiger partial charge < -0.3 is 15.4 Å². The molecule has 0 aromatic heterocycles. The monoisotopic (exact) mass is 318 g/mol. The maximum absolute atomic E-state index is 6.04. The Morgan fingerprint density at radius 3 is 2.79 bits per heavy atom. The van der Waals surface area contributed by atoms with E-state index in [1.165, 1.54) is 11.1 Å². The van der Waals surface area contributed by atoms with Gasteiger partial charge in [0.2, 0.25) is 0 Å². The molecule has 0 spiro atoms. The van der Waals surface area contributed by atoms with Crippen LogP contribution in [0.1, 0.15) is 11.1 Å². The molecule has 3 nitrogen and oxygen atoms in total. The van der Waals surface area contributed by atoms with Gasteiger partial charge in [-0.2, -0.15) is 0 Å². The van der Waals surface area contributed by atoms with Crippen LogP contribution in [-0.2, 0) is 13.1 Å². The van der Waals surface area contributed by atoms with Gasteiger partial charge in [-0.15, -0.1) is 0 Å². The van der Waals surface area contributed by atoms with Crippen molar-refractivity contribution in [3.05, 3.63) is 52.0 Å². The number of hydrogen-bond acceptors (Lipinski definition) is 3. The standard InChI is InChI=1S/C15H15BrN2O/c1-19-13-6-11(16)5-12(7-13)18-8-10-3-2-4-15(17)14(10)9-18/h2-7H,8-9,17H2,1H3. The van der Waals surface area contributed by atoms with Crippen LogP contribution in [0.15, 0.2) is 40.9 Å². The Bertz CT molecular complexity index is 628. The van der Waals surface area contributed by atoms with Gasteiger partial charge in [0.25, 0.3) is 0 Å². The third-order valence-corrected chi connectivity index (χ3v) is 3.93. The zero-order chi connectivity index (χ0) is 13.4. The maximum atomic E-state index is 6.04. The summed E-state index contributed by atoms with van der Waals surface area (Å²) in [5.41, 5.74) is 10.6. The first-order valence-electron chi connectivity index (χ1n) is 6.13. The molecule has 0 amide bonds. The SMILES string of the molecule is COc1cc(Br)cc(N2Cc3cccc(N)c3C2)c1. The van der Waals surface area contributed by atoms with Gasteiger partial charge in [-0.25, -0.2) is 0 Å². The average molecular weight is 319 g/mol. The van der Waals surface area contributed by atoms with E-state index in [0.29, 0.717) is 0 Å². The van der Waals surface area contributed by atoms with Crippen LogP contribution in [0.2, 0.25) is 0 Å². The van der Waals surface area contributed by atoms with E-state index in [-0.39, 0.29) is 0 Å². The molecule has 2 N–H and O–H groups in total. The summed E-state index contributed by atoms with van der Waals surface area (Å²) in [6, 6.07) is 12.2. The highest BCUT2D eigenvalue weighted by molar-refractivity contribution is 9.10. The van der Waals surface area contributed by atoms with Crippen molar-refractivity contribution in [3.63, 3.8) is 0 Å². The normalized spacial score (nSPS) is 13.5. The van der Waals surface area contributed by atoms with E-state index in [2.05, 4.69) is 33.0 Å². The Hall–Kier alpha value is -1.68. The highest BCUT2D eigenvalue weighted by Gasteiger charge is 2.21. The molecular formula is C15H15BrN2O. The topological polar surface area (TPSA) is 38.5 Å². The Balaban J connectivity index is 1.94. The zero-order valence-electron chi connectivity index (χ0n) is 10.7. The molecule has 98 valence electrons. The van der Waals surface area contributed by atoms with E-state index in [1.807, 2.05) is 24.3 Å². The van der Waals surface area contributed by atoms with Gasteiger partial charge in [0.15, 0.2) is 0 Å². The van der Waals surface area contributed by atoms with Crippen LogP contribution in [0.3, 0.4) is 0 Å². The number of methoxy groups -OCH3 is 1. The second-order valence-electron chi connectivity index (χ2n) is 4.69. The first-order valence-corrected chi connectivity index (χ1v) is 6.92. The van der Waals surface area contributed by atoms with Crippen molar-refractivity contribution in [1.29, 1.82) is 0 Å². The number of fused-ring (bicyclic) bond motifs is 1. The molecule has 0 saturated heterocycles. The van der Waals surface area contributed by atoms with Gasteiger partial charge >= 0.3 is 0 Å². The smallest absolute Gasteiger partial charge is 0.122 e. The molecule has 1 heterocycles. The van der Waals surface area contributed by atoms with Crippen molar-refractivity contribution in [3.8, 4) is 5.75 Å². The molecule has 0 unspecified atom stereocenters. The summed E-state index contributed by atoms with van der Waals surface area (Å²) in [5, 5.41) is 0. The minimum atomic E-state index is 0.849. The lowest BCUT2D eigenvalue weighted by Gasteiger charge is -2.19. The van der Waals surface area contributed by atoms with E-state index >= 15 is 0 Å². The highest BCUT2D eigenvalue weighted by Crippen LogP contribution is 2.34. The number of hydrogen-bond donors (Lipinski definition) is 1. The Kier molecular flexibility index (Phi) is 3.11. The van der Waals surface area contributed by atoms with E-state index < -0.39 is 0 Å². The first-order chi connectivity index (χ1) is 9.17. The average Bonchev–Trinajstić information content (AvgIpc) is 2.83. The van der Waals surface area contributed by atoms with Crippen LogP contribution >= 0.6 is 15.9 Å². The molecule has 3 rings (SSSR count). The molecular weight excluding hydrogens is 304 g/mol. The van der Waals surface area contributed by atoms with Crippen molar-refractivity contribution in [2.75, 3.05) is 17.7 Å². The summed E-state index contributed by atoms with van der Waals surface area (Å²) < 4.78 is 6.33. The lowest BCUT2D eigenvalue weighted by Crippen LogP contribution is -2.14. The molecule has 0 radical (unpaired) electrons. The molecule has 2 aromatic rings. The van der Waals surface area contributed by atoms with E-state index in [9.17, 15) is 0 Å². The van der Waals surface area contributed by atoms with E-state index in [4.69, 9.17) is 10.5 Å². The Labute approximate surface area is 121 Å². The fraction of sp³-hybridized carbons (Fsp3) is 0.200. The molecule has 19 heavy (non-hydrogen) atoms. The molecule has 1 aliphatic rings. The third kappa shape index (κ3) is 2.28. The Morgan fingerprint density at radius 2 is 2.05 bits per heavy atom. The largest absolute Gasteiger partial charge is 0.497 e. The summed E-state index contributed by atoms with van der Waals surface area (Å²) in [4.78, 5) is 2.30. The van der Waals surface area contributed by atoms with Crippen molar-refractivity contribution >= 4 is 27.3 Å². The van der Waals surface area contributed by atoms with Gasteiger partial charge in [-0.05, 0) is 29.3 Å². The van der Waals surface area contributed by atoms with Crippen molar-refractivity contribution < 1.29 is 4.74 Å². The van der Waals surface area contributed by atoms with Crippen LogP contribution in [0.4, 0.5) is 11.4 Å². The van der Waals surface area contributed by atoms with Crippen LogP contribution in [-0.4, -0.2) is 7.11 Å². The van der Waals surface area contributed by atoms with Gasteiger partial charge in [0.1, 0.15) is 5.75 Å². The van der Waals surface area contributed by atoms with E-state index in [1.54, 1.807) is 7.11 Å². The molecule has 0 bridgehead atoms. The van der Waals surface area contributed by atoms with Crippen LogP contribution in [0.25, 0.3) is 0 Å². The molecule has 0 saturated carbocycles. The van der Waals surface area contributed by atoms with Crippen molar-refractivity contribution in [1.82, 2.24) is 0 Å². The molecule has 4 heteroatoms. The van der Waals surface area contributed by atoms with E-state index in [0.717, 1.165) is 34.7 Å². The van der Waals surface area contributed by atoms with Gasteiger partial charge in [-0.3, -0.25) is 0 Å². The third-order valence-electron chi connectivity index (χ3n) is 3.48. The molecule has 2 aromatic carbocycles. The summed E-state index contributed by atoms with van der Waals surface area (Å²) in [5.74, 6) is 0.855. The summed E-state index contributed by atoms with van der Waals surface area (Å²) in [7, 11) is 1.68. The van der Waals surface area contributed by atoms with Crippen molar-refractivity contribution in [2.45, 2.75) is 13.1 Å². The number of benzene rings is 2. The van der Waals surface area contributed by atoms with Gasteiger partial charge in [0.05, 0.1) is 7.11 Å². The van der Waals surface area contributed by atoms with Crippen LogP contribution in [0.5, 0.6) is 5.75 Å². The fourth-order valence-corrected chi connectivity index (χ4v) is 2.94. The predicted octanol–water partition coefficient (Wildman–Crippen LogP) is 3.56. The molecule has 1 aliphatic heterocycles. The summed E-state index contributed by atoms with van der Waals surface area (Å²) in [6.07, 6.45) is 0. The number of nitrogens with zero attached hydrogens (tertiary/aromatic N) is 1. The first kappa shape index (κ1) is 12.4. The van der Waals surface area contributed by atoms with Gasteiger partial charge in [0, 0.05) is 35.0 Å².